The Balaban J connectivity index is 0.00000364. The van der Waals surface area contributed by atoms with Crippen molar-refractivity contribution in [1.82, 2.24) is 10.2 Å². The highest BCUT2D eigenvalue weighted by Crippen LogP contribution is 2.17. The Bertz CT molecular complexity index is 577. The van der Waals surface area contributed by atoms with Crippen LogP contribution in [0, 0.1) is 11.7 Å². The van der Waals surface area contributed by atoms with Gasteiger partial charge in [0.2, 0.25) is 0 Å². The molecule has 1 aliphatic rings. The lowest BCUT2D eigenvalue weighted by molar-refractivity contribution is 0.0536. The minimum absolute atomic E-state index is 0. The molecular weight excluding hydrogens is 464 g/mol. The van der Waals surface area contributed by atoms with Crippen LogP contribution in [0.25, 0.3) is 0 Å². The van der Waals surface area contributed by atoms with E-state index in [0.717, 1.165) is 32.1 Å². The molecule has 1 heterocycles. The molecule has 2 rings (SSSR count). The smallest absolute Gasteiger partial charge is 0.193 e. The number of aliphatic imine (C=N–C) groups is 1. The number of benzene rings is 1. The Morgan fingerprint density at radius 3 is 2.93 bits per heavy atom. The fourth-order valence-corrected chi connectivity index (χ4v) is 2.93. The van der Waals surface area contributed by atoms with Crippen molar-refractivity contribution in [3.05, 3.63) is 30.1 Å². The zero-order chi connectivity index (χ0) is 18.8. The summed E-state index contributed by atoms with van der Waals surface area (Å²) in [5, 5.41) is 3.34. The monoisotopic (exact) mass is 495 g/mol. The molecule has 154 valence electrons. The summed E-state index contributed by atoms with van der Waals surface area (Å²) in [6, 6.07) is 6.19. The molecule has 27 heavy (non-hydrogen) atoms. The Labute approximate surface area is 178 Å². The van der Waals surface area contributed by atoms with Gasteiger partial charge in [-0.25, -0.2) is 4.39 Å². The lowest BCUT2D eigenvalue weighted by atomic mass is 10.1. The van der Waals surface area contributed by atoms with E-state index in [0.29, 0.717) is 31.4 Å². The van der Waals surface area contributed by atoms with Crippen LogP contribution in [0.4, 0.5) is 4.39 Å². The fraction of sp³-hybridized carbons (Fsp3) is 0.632. The number of methoxy groups -OCH3 is 1. The predicted octanol–water partition coefficient (Wildman–Crippen LogP) is 2.77. The molecule has 2 unspecified atom stereocenters. The van der Waals surface area contributed by atoms with Crippen LogP contribution in [0.1, 0.15) is 13.3 Å². The summed E-state index contributed by atoms with van der Waals surface area (Å²) in [6.45, 7) is 6.42. The molecule has 1 fully saturated rings. The second-order valence-corrected chi connectivity index (χ2v) is 6.48. The maximum Gasteiger partial charge on any atom is 0.193 e. The SMILES string of the molecule is CN=C(NCC(C)Oc1cccc(F)c1)N1CCC(COCCOC)C1.I. The Morgan fingerprint density at radius 2 is 2.22 bits per heavy atom. The molecule has 1 aromatic carbocycles. The van der Waals surface area contributed by atoms with E-state index in [-0.39, 0.29) is 35.9 Å². The number of likely N-dealkylation sites (tertiary alicyclic amines) is 1. The van der Waals surface area contributed by atoms with E-state index in [9.17, 15) is 4.39 Å². The van der Waals surface area contributed by atoms with Crippen molar-refractivity contribution in [2.75, 3.05) is 53.6 Å². The van der Waals surface area contributed by atoms with Crippen LogP contribution in [0.3, 0.4) is 0 Å². The standard InChI is InChI=1S/C19H30FN3O3.HI/c1-15(26-18-6-4-5-17(20)11-18)12-22-19(21-2)23-8-7-16(13-23)14-25-10-9-24-3;/h4-6,11,15-16H,7-10,12-14H2,1-3H3,(H,21,22);1H. The molecule has 0 radical (unpaired) electrons. The van der Waals surface area contributed by atoms with Gasteiger partial charge in [-0.05, 0) is 25.5 Å². The van der Waals surface area contributed by atoms with Crippen molar-refractivity contribution in [1.29, 1.82) is 0 Å². The number of guanidine groups is 1. The second-order valence-electron chi connectivity index (χ2n) is 6.48. The highest BCUT2D eigenvalue weighted by molar-refractivity contribution is 14.0. The average Bonchev–Trinajstić information content (AvgIpc) is 3.08. The third kappa shape index (κ3) is 8.61. The summed E-state index contributed by atoms with van der Waals surface area (Å²) in [4.78, 5) is 6.60. The number of nitrogens with one attached hydrogen (secondary N) is 1. The number of nitrogens with zero attached hydrogens (tertiary/aromatic N) is 2. The molecule has 1 saturated heterocycles. The van der Waals surface area contributed by atoms with Gasteiger partial charge in [0.15, 0.2) is 5.96 Å². The molecule has 0 spiro atoms. The maximum atomic E-state index is 13.2. The van der Waals surface area contributed by atoms with Gasteiger partial charge in [0.05, 0.1) is 26.4 Å². The second kappa shape index (κ2) is 13.1. The first-order valence-corrected chi connectivity index (χ1v) is 9.07. The van der Waals surface area contributed by atoms with Crippen LogP contribution in [0.2, 0.25) is 0 Å². The molecule has 0 aliphatic carbocycles. The van der Waals surface area contributed by atoms with E-state index in [2.05, 4.69) is 15.2 Å². The van der Waals surface area contributed by atoms with Gasteiger partial charge in [-0.1, -0.05) is 6.07 Å². The van der Waals surface area contributed by atoms with Crippen LogP contribution in [-0.2, 0) is 9.47 Å². The molecule has 1 aliphatic heterocycles. The largest absolute Gasteiger partial charge is 0.489 e. The van der Waals surface area contributed by atoms with Gasteiger partial charge in [0, 0.05) is 39.2 Å². The van der Waals surface area contributed by atoms with Crippen LogP contribution in [0.5, 0.6) is 5.75 Å². The summed E-state index contributed by atoms with van der Waals surface area (Å²) in [5.74, 6) is 1.60. The third-order valence-electron chi connectivity index (χ3n) is 4.26. The van der Waals surface area contributed by atoms with E-state index < -0.39 is 0 Å². The maximum absolute atomic E-state index is 13.2. The molecule has 1 aromatic rings. The first kappa shape index (κ1) is 23.9. The number of hydrogen-bond donors (Lipinski definition) is 1. The van der Waals surface area contributed by atoms with Crippen molar-refractivity contribution < 1.29 is 18.6 Å². The van der Waals surface area contributed by atoms with Gasteiger partial charge >= 0.3 is 0 Å². The quantitative estimate of drug-likeness (QED) is 0.247. The summed E-state index contributed by atoms with van der Waals surface area (Å²) < 4.78 is 29.6. The molecule has 6 nitrogen and oxygen atoms in total. The predicted molar refractivity (Wildman–Crippen MR) is 116 cm³/mol. The number of ether oxygens (including phenoxy) is 3. The molecule has 0 amide bonds. The molecule has 0 saturated carbocycles. The zero-order valence-corrected chi connectivity index (χ0v) is 18.6. The van der Waals surface area contributed by atoms with Crippen LogP contribution in [0.15, 0.2) is 29.3 Å². The lowest BCUT2D eigenvalue weighted by Crippen LogP contribution is -2.43. The van der Waals surface area contributed by atoms with Crippen molar-refractivity contribution in [2.24, 2.45) is 10.9 Å². The van der Waals surface area contributed by atoms with E-state index in [1.165, 1.54) is 12.1 Å². The number of halogens is 2. The van der Waals surface area contributed by atoms with Gasteiger partial charge in [0.25, 0.3) is 0 Å². The highest BCUT2D eigenvalue weighted by atomic mass is 127. The topological polar surface area (TPSA) is 55.3 Å². The normalized spacial score (nSPS) is 18.1. The Morgan fingerprint density at radius 1 is 1.41 bits per heavy atom. The van der Waals surface area contributed by atoms with Gasteiger partial charge < -0.3 is 24.4 Å². The van der Waals surface area contributed by atoms with E-state index in [1.54, 1.807) is 26.3 Å². The van der Waals surface area contributed by atoms with Gasteiger partial charge in [-0.3, -0.25) is 4.99 Å². The Kier molecular flexibility index (Phi) is 11.6. The summed E-state index contributed by atoms with van der Waals surface area (Å²) in [5.41, 5.74) is 0. The Hall–Kier alpha value is -1.13. The van der Waals surface area contributed by atoms with Crippen molar-refractivity contribution in [3.8, 4) is 5.75 Å². The number of rotatable bonds is 9. The minimum atomic E-state index is -0.297. The van der Waals surface area contributed by atoms with Crippen LogP contribution >= 0.6 is 24.0 Å². The lowest BCUT2D eigenvalue weighted by Gasteiger charge is -2.23. The molecule has 0 bridgehead atoms. The molecular formula is C19H31FIN3O3. The summed E-state index contributed by atoms with van der Waals surface area (Å²) in [7, 11) is 3.46. The average molecular weight is 495 g/mol. The van der Waals surface area contributed by atoms with Crippen molar-refractivity contribution in [2.45, 2.75) is 19.4 Å². The first-order valence-electron chi connectivity index (χ1n) is 9.07. The van der Waals surface area contributed by atoms with Crippen molar-refractivity contribution in [3.63, 3.8) is 0 Å². The van der Waals surface area contributed by atoms with Gasteiger partial charge in [-0.15, -0.1) is 24.0 Å². The highest BCUT2D eigenvalue weighted by Gasteiger charge is 2.25. The first-order chi connectivity index (χ1) is 12.6. The molecule has 1 N–H and O–H groups in total. The van der Waals surface area contributed by atoms with Gasteiger partial charge in [-0.2, -0.15) is 0 Å². The fourth-order valence-electron chi connectivity index (χ4n) is 2.93. The summed E-state index contributed by atoms with van der Waals surface area (Å²) in [6.07, 6.45) is 0.979. The third-order valence-corrected chi connectivity index (χ3v) is 4.26. The molecule has 0 aromatic heterocycles. The van der Waals surface area contributed by atoms with Crippen LogP contribution in [-0.4, -0.2) is 70.6 Å². The molecule has 8 heteroatoms. The number of hydrogen-bond acceptors (Lipinski definition) is 4. The molecule has 2 atom stereocenters. The van der Waals surface area contributed by atoms with E-state index in [4.69, 9.17) is 14.2 Å². The van der Waals surface area contributed by atoms with Crippen molar-refractivity contribution >= 4 is 29.9 Å². The zero-order valence-electron chi connectivity index (χ0n) is 16.3. The van der Waals surface area contributed by atoms with E-state index in [1.807, 2.05) is 6.92 Å². The summed E-state index contributed by atoms with van der Waals surface area (Å²) >= 11 is 0. The van der Waals surface area contributed by atoms with Gasteiger partial charge in [0.1, 0.15) is 17.7 Å². The minimum Gasteiger partial charge on any atom is -0.489 e. The van der Waals surface area contributed by atoms with E-state index >= 15 is 0 Å². The van der Waals surface area contributed by atoms with Crippen LogP contribution < -0.4 is 10.1 Å².